The van der Waals surface area contributed by atoms with E-state index in [0.29, 0.717) is 17.2 Å². The molecule has 0 radical (unpaired) electrons. The van der Waals surface area contributed by atoms with Crippen LogP contribution in [0, 0.1) is 23.2 Å². The monoisotopic (exact) mass is 294 g/mol. The van der Waals surface area contributed by atoms with E-state index < -0.39 is 0 Å². The topological polar surface area (TPSA) is 46.3 Å². The molecule has 0 aromatic carbocycles. The van der Waals surface area contributed by atoms with Gasteiger partial charge in [-0.15, -0.1) is 0 Å². The molecular weight excluding hydrogens is 260 g/mol. The third kappa shape index (κ3) is 4.45. The molecule has 0 bridgehead atoms. The SMILES string of the molecule is CC(C)(C)C1CCC(C(=O)N2CCC(CCN)CC2)CC1. The molecule has 3 heteroatoms. The lowest BCUT2D eigenvalue weighted by Gasteiger charge is -2.39. The van der Waals surface area contributed by atoms with E-state index in [0.717, 1.165) is 63.6 Å². The van der Waals surface area contributed by atoms with E-state index in [-0.39, 0.29) is 0 Å². The molecule has 21 heavy (non-hydrogen) atoms. The minimum absolute atomic E-state index is 0.301. The van der Waals surface area contributed by atoms with Gasteiger partial charge in [0, 0.05) is 19.0 Å². The van der Waals surface area contributed by atoms with Crippen LogP contribution >= 0.6 is 0 Å². The first-order chi connectivity index (χ1) is 9.91. The largest absolute Gasteiger partial charge is 0.342 e. The van der Waals surface area contributed by atoms with Crippen LogP contribution in [0.15, 0.2) is 0 Å². The molecule has 1 heterocycles. The molecule has 122 valence electrons. The first kappa shape index (κ1) is 16.8. The van der Waals surface area contributed by atoms with Gasteiger partial charge in [-0.1, -0.05) is 20.8 Å². The van der Waals surface area contributed by atoms with E-state index in [1.807, 2.05) is 0 Å². The summed E-state index contributed by atoms with van der Waals surface area (Å²) in [5.74, 6) is 2.27. The molecule has 0 unspecified atom stereocenters. The van der Waals surface area contributed by atoms with E-state index in [1.165, 1.54) is 12.8 Å². The molecule has 0 spiro atoms. The highest BCUT2D eigenvalue weighted by molar-refractivity contribution is 5.79. The lowest BCUT2D eigenvalue weighted by Crippen LogP contribution is -2.43. The maximum absolute atomic E-state index is 12.7. The number of piperidine rings is 1. The van der Waals surface area contributed by atoms with Crippen molar-refractivity contribution in [2.75, 3.05) is 19.6 Å². The third-order valence-corrected chi connectivity index (χ3v) is 5.80. The van der Waals surface area contributed by atoms with E-state index in [4.69, 9.17) is 5.73 Å². The lowest BCUT2D eigenvalue weighted by molar-refractivity contribution is -0.138. The van der Waals surface area contributed by atoms with Crippen molar-refractivity contribution in [1.82, 2.24) is 4.90 Å². The molecule has 2 aliphatic rings. The number of amides is 1. The summed E-state index contributed by atoms with van der Waals surface area (Å²) >= 11 is 0. The Labute approximate surface area is 130 Å². The van der Waals surface area contributed by atoms with Gasteiger partial charge in [0.05, 0.1) is 0 Å². The predicted molar refractivity (Wildman–Crippen MR) is 87.9 cm³/mol. The summed E-state index contributed by atoms with van der Waals surface area (Å²) in [6.07, 6.45) is 8.08. The van der Waals surface area contributed by atoms with Crippen LogP contribution in [0.1, 0.15) is 65.7 Å². The number of rotatable bonds is 3. The Morgan fingerprint density at radius 2 is 1.62 bits per heavy atom. The minimum atomic E-state index is 0.301. The normalized spacial score (nSPS) is 28.7. The summed E-state index contributed by atoms with van der Waals surface area (Å²) in [5, 5.41) is 0. The molecule has 1 aliphatic heterocycles. The number of likely N-dealkylation sites (tertiary alicyclic amines) is 1. The second-order valence-corrected chi connectivity index (χ2v) is 8.26. The number of carbonyl (C=O) groups is 1. The summed E-state index contributed by atoms with van der Waals surface area (Å²) < 4.78 is 0. The summed E-state index contributed by atoms with van der Waals surface area (Å²) in [7, 11) is 0. The second kappa shape index (κ2) is 7.13. The number of hydrogen-bond donors (Lipinski definition) is 1. The minimum Gasteiger partial charge on any atom is -0.342 e. The van der Waals surface area contributed by atoms with Crippen LogP contribution in [0.25, 0.3) is 0 Å². The number of hydrogen-bond acceptors (Lipinski definition) is 2. The summed E-state index contributed by atoms with van der Waals surface area (Å²) in [4.78, 5) is 14.8. The molecule has 2 rings (SSSR count). The van der Waals surface area contributed by atoms with Gasteiger partial charge in [0.25, 0.3) is 0 Å². The van der Waals surface area contributed by atoms with Crippen molar-refractivity contribution >= 4 is 5.91 Å². The molecule has 0 aromatic heterocycles. The van der Waals surface area contributed by atoms with Gasteiger partial charge in [-0.05, 0) is 68.7 Å². The quantitative estimate of drug-likeness (QED) is 0.867. The van der Waals surface area contributed by atoms with E-state index in [1.54, 1.807) is 0 Å². The van der Waals surface area contributed by atoms with Crippen molar-refractivity contribution in [1.29, 1.82) is 0 Å². The van der Waals surface area contributed by atoms with Crippen molar-refractivity contribution in [2.24, 2.45) is 28.9 Å². The zero-order valence-corrected chi connectivity index (χ0v) is 14.2. The first-order valence-corrected chi connectivity index (χ1v) is 8.90. The molecule has 0 aromatic rings. The molecule has 1 saturated heterocycles. The maximum atomic E-state index is 12.7. The smallest absolute Gasteiger partial charge is 0.225 e. The molecule has 0 atom stereocenters. The predicted octanol–water partition coefficient (Wildman–Crippen LogP) is 3.43. The Kier molecular flexibility index (Phi) is 5.70. The highest BCUT2D eigenvalue weighted by atomic mass is 16.2. The van der Waals surface area contributed by atoms with Gasteiger partial charge in [0.2, 0.25) is 5.91 Å². The number of carbonyl (C=O) groups excluding carboxylic acids is 1. The Hall–Kier alpha value is -0.570. The summed E-state index contributed by atoms with van der Waals surface area (Å²) in [6.45, 7) is 9.72. The van der Waals surface area contributed by atoms with Gasteiger partial charge in [0.1, 0.15) is 0 Å². The van der Waals surface area contributed by atoms with Crippen LogP contribution in [-0.4, -0.2) is 30.4 Å². The molecule has 1 saturated carbocycles. The van der Waals surface area contributed by atoms with Gasteiger partial charge in [0.15, 0.2) is 0 Å². The van der Waals surface area contributed by atoms with Crippen molar-refractivity contribution < 1.29 is 4.79 Å². The van der Waals surface area contributed by atoms with E-state index >= 15 is 0 Å². The molecule has 1 aliphatic carbocycles. The standard InChI is InChI=1S/C18H34N2O/c1-18(2,3)16-6-4-15(5-7-16)17(21)20-12-9-14(8-11-19)10-13-20/h14-16H,4-13,19H2,1-3H3. The average molecular weight is 294 g/mol. The molecule has 2 N–H and O–H groups in total. The van der Waals surface area contributed by atoms with Crippen LogP contribution in [-0.2, 0) is 4.79 Å². The first-order valence-electron chi connectivity index (χ1n) is 8.90. The van der Waals surface area contributed by atoms with Gasteiger partial charge in [-0.3, -0.25) is 4.79 Å². The summed E-state index contributed by atoms with van der Waals surface area (Å²) in [6, 6.07) is 0. The maximum Gasteiger partial charge on any atom is 0.225 e. The lowest BCUT2D eigenvalue weighted by atomic mass is 9.69. The van der Waals surface area contributed by atoms with Crippen molar-refractivity contribution in [3.05, 3.63) is 0 Å². The summed E-state index contributed by atoms with van der Waals surface area (Å²) in [5.41, 5.74) is 6.04. The van der Waals surface area contributed by atoms with Crippen LogP contribution < -0.4 is 5.73 Å². The zero-order valence-electron chi connectivity index (χ0n) is 14.2. The Morgan fingerprint density at radius 3 is 2.10 bits per heavy atom. The second-order valence-electron chi connectivity index (χ2n) is 8.26. The third-order valence-electron chi connectivity index (χ3n) is 5.80. The zero-order chi connectivity index (χ0) is 15.5. The highest BCUT2D eigenvalue weighted by Crippen LogP contribution is 2.40. The average Bonchev–Trinajstić information content (AvgIpc) is 2.47. The van der Waals surface area contributed by atoms with Crippen molar-refractivity contribution in [2.45, 2.75) is 65.7 Å². The van der Waals surface area contributed by atoms with Crippen LogP contribution in [0.3, 0.4) is 0 Å². The Balaban J connectivity index is 1.78. The fraction of sp³-hybridized carbons (Fsp3) is 0.944. The van der Waals surface area contributed by atoms with Crippen molar-refractivity contribution in [3.8, 4) is 0 Å². The van der Waals surface area contributed by atoms with Gasteiger partial charge >= 0.3 is 0 Å². The van der Waals surface area contributed by atoms with Gasteiger partial charge < -0.3 is 10.6 Å². The van der Waals surface area contributed by atoms with E-state index in [9.17, 15) is 4.79 Å². The number of nitrogens with two attached hydrogens (primary N) is 1. The van der Waals surface area contributed by atoms with Crippen LogP contribution in [0.2, 0.25) is 0 Å². The fourth-order valence-electron chi connectivity index (χ4n) is 4.14. The van der Waals surface area contributed by atoms with E-state index in [2.05, 4.69) is 25.7 Å². The van der Waals surface area contributed by atoms with Gasteiger partial charge in [-0.2, -0.15) is 0 Å². The number of nitrogens with zero attached hydrogens (tertiary/aromatic N) is 1. The van der Waals surface area contributed by atoms with Crippen LogP contribution in [0.4, 0.5) is 0 Å². The van der Waals surface area contributed by atoms with Gasteiger partial charge in [-0.25, -0.2) is 0 Å². The van der Waals surface area contributed by atoms with Crippen molar-refractivity contribution in [3.63, 3.8) is 0 Å². The Bertz CT molecular complexity index is 332. The molecule has 2 fully saturated rings. The molecule has 3 nitrogen and oxygen atoms in total. The highest BCUT2D eigenvalue weighted by Gasteiger charge is 2.34. The fourth-order valence-corrected chi connectivity index (χ4v) is 4.14. The Morgan fingerprint density at radius 1 is 1.05 bits per heavy atom. The molecular formula is C18H34N2O. The van der Waals surface area contributed by atoms with Crippen LogP contribution in [0.5, 0.6) is 0 Å². The molecule has 1 amide bonds.